The molecule has 0 aliphatic carbocycles. The summed E-state index contributed by atoms with van der Waals surface area (Å²) in [6, 6.07) is 11.9. The molecular weight excluding hydrogens is 480 g/mol. The van der Waals surface area contributed by atoms with Gasteiger partial charge in [-0.1, -0.05) is 12.1 Å². The zero-order valence-corrected chi connectivity index (χ0v) is 20.0. The molecule has 4 rings (SSSR count). The van der Waals surface area contributed by atoms with Crippen LogP contribution in [0.1, 0.15) is 35.8 Å². The van der Waals surface area contributed by atoms with Gasteiger partial charge in [-0.2, -0.15) is 0 Å². The van der Waals surface area contributed by atoms with Gasteiger partial charge in [-0.25, -0.2) is 0 Å². The third-order valence-electron chi connectivity index (χ3n) is 5.61. The minimum atomic E-state index is -0.252. The fraction of sp³-hybridized carbons (Fsp3) is 0.391. The first-order valence-corrected chi connectivity index (χ1v) is 12.0. The molecule has 1 aliphatic heterocycles. The van der Waals surface area contributed by atoms with Crippen LogP contribution < -0.4 is 4.74 Å². The third kappa shape index (κ3) is 4.65. The third-order valence-corrected chi connectivity index (χ3v) is 7.18. The number of amides is 1. The Morgan fingerprint density at radius 1 is 1.23 bits per heavy atom. The number of piperidine rings is 1. The van der Waals surface area contributed by atoms with Crippen LogP contribution in [0.25, 0.3) is 10.2 Å². The van der Waals surface area contributed by atoms with Gasteiger partial charge in [-0.3, -0.25) is 9.59 Å². The van der Waals surface area contributed by atoms with Crippen molar-refractivity contribution in [1.29, 1.82) is 0 Å². The number of hydrogen-bond acceptors (Lipinski definition) is 5. The first-order chi connectivity index (χ1) is 15.0. The van der Waals surface area contributed by atoms with Gasteiger partial charge in [0, 0.05) is 19.6 Å². The fourth-order valence-electron chi connectivity index (χ4n) is 4.05. The number of carbonyl (C=O) groups is 2. The number of aromatic nitrogens is 1. The average Bonchev–Trinajstić information content (AvgIpc) is 3.30. The van der Waals surface area contributed by atoms with Crippen molar-refractivity contribution in [3.8, 4) is 5.75 Å². The van der Waals surface area contributed by atoms with Crippen LogP contribution in [0.15, 0.2) is 40.2 Å². The number of esters is 1. The number of fused-ring (bicyclic) bond motifs is 1. The number of carbonyl (C=O) groups excluding carboxylic acids is 2. The second kappa shape index (κ2) is 9.44. The Morgan fingerprint density at radius 3 is 2.71 bits per heavy atom. The molecule has 0 radical (unpaired) electrons. The number of methoxy groups -OCH3 is 1. The van der Waals surface area contributed by atoms with Crippen LogP contribution in [-0.4, -0.2) is 48.1 Å². The molecule has 1 fully saturated rings. The highest BCUT2D eigenvalue weighted by Gasteiger charge is 2.31. The molecule has 0 saturated carbocycles. The zero-order chi connectivity index (χ0) is 22.0. The second-order valence-electron chi connectivity index (χ2n) is 7.61. The van der Waals surface area contributed by atoms with E-state index in [1.165, 1.54) is 0 Å². The Bertz CT molecular complexity index is 1090. The molecule has 8 heteroatoms. The summed E-state index contributed by atoms with van der Waals surface area (Å²) < 4.78 is 14.6. The molecule has 0 spiro atoms. The van der Waals surface area contributed by atoms with Gasteiger partial charge in [-0.15, -0.1) is 11.3 Å². The molecule has 6 nitrogen and oxygen atoms in total. The average molecular weight is 505 g/mol. The van der Waals surface area contributed by atoms with Gasteiger partial charge < -0.3 is 18.9 Å². The maximum atomic E-state index is 13.5. The smallest absolute Gasteiger partial charge is 0.310 e. The highest BCUT2D eigenvalue weighted by Crippen LogP contribution is 2.34. The standard InChI is InChI=1S/C23H25BrN2O4S/c1-3-30-23(28)16-5-4-10-25(14-16)22(27)19-11-20-18(12-21(24)31-20)26(19)13-15-6-8-17(29-2)9-7-15/h6-9,11-12,16H,3-5,10,13-14H2,1-2H3/t16-/m1/s1. The molecule has 1 atom stereocenters. The van der Waals surface area contributed by atoms with Crippen LogP contribution in [0.3, 0.4) is 0 Å². The van der Waals surface area contributed by atoms with Crippen LogP contribution in [0, 0.1) is 5.92 Å². The van der Waals surface area contributed by atoms with Crippen molar-refractivity contribution in [2.75, 3.05) is 26.8 Å². The van der Waals surface area contributed by atoms with Crippen molar-refractivity contribution in [1.82, 2.24) is 9.47 Å². The number of rotatable bonds is 6. The molecule has 164 valence electrons. The van der Waals surface area contributed by atoms with E-state index in [2.05, 4.69) is 26.6 Å². The summed E-state index contributed by atoms with van der Waals surface area (Å²) in [7, 11) is 1.65. The van der Waals surface area contributed by atoms with E-state index in [1.807, 2.05) is 30.3 Å². The van der Waals surface area contributed by atoms with Crippen molar-refractivity contribution >= 4 is 49.4 Å². The van der Waals surface area contributed by atoms with E-state index in [4.69, 9.17) is 9.47 Å². The Balaban J connectivity index is 1.63. The molecule has 0 N–H and O–H groups in total. The Kier molecular flexibility index (Phi) is 6.67. The molecule has 2 aromatic heterocycles. The Hall–Kier alpha value is -2.32. The van der Waals surface area contributed by atoms with Crippen molar-refractivity contribution in [3.63, 3.8) is 0 Å². The largest absolute Gasteiger partial charge is 0.497 e. The van der Waals surface area contributed by atoms with E-state index in [0.29, 0.717) is 31.9 Å². The highest BCUT2D eigenvalue weighted by atomic mass is 79.9. The zero-order valence-electron chi connectivity index (χ0n) is 17.6. The van der Waals surface area contributed by atoms with E-state index in [-0.39, 0.29) is 17.8 Å². The molecule has 1 amide bonds. The molecule has 0 bridgehead atoms. The van der Waals surface area contributed by atoms with Gasteiger partial charge in [0.2, 0.25) is 0 Å². The molecule has 31 heavy (non-hydrogen) atoms. The van der Waals surface area contributed by atoms with E-state index in [9.17, 15) is 9.59 Å². The summed E-state index contributed by atoms with van der Waals surface area (Å²) >= 11 is 5.17. The van der Waals surface area contributed by atoms with Crippen molar-refractivity contribution in [3.05, 3.63) is 51.4 Å². The Labute approximate surface area is 193 Å². The molecule has 0 unspecified atom stereocenters. The number of thiophene rings is 1. The quantitative estimate of drug-likeness (QED) is 0.446. The molecule has 1 aromatic carbocycles. The Morgan fingerprint density at radius 2 is 2.00 bits per heavy atom. The van der Waals surface area contributed by atoms with Gasteiger partial charge in [-0.05, 0) is 65.5 Å². The normalized spacial score (nSPS) is 16.5. The SMILES string of the molecule is CCOC(=O)[C@@H]1CCCN(C(=O)c2cc3sc(Br)cc3n2Cc2ccc(OC)cc2)C1. The van der Waals surface area contributed by atoms with E-state index < -0.39 is 0 Å². The lowest BCUT2D eigenvalue weighted by Crippen LogP contribution is -2.43. The monoisotopic (exact) mass is 504 g/mol. The first kappa shape index (κ1) is 21.9. The summed E-state index contributed by atoms with van der Waals surface area (Å²) in [4.78, 5) is 27.5. The van der Waals surface area contributed by atoms with Crippen molar-refractivity contribution in [2.45, 2.75) is 26.3 Å². The van der Waals surface area contributed by atoms with Gasteiger partial charge in [0.05, 0.1) is 33.6 Å². The molecule has 1 aliphatic rings. The summed E-state index contributed by atoms with van der Waals surface area (Å²) in [6.45, 7) is 3.80. The fourth-order valence-corrected chi connectivity index (χ4v) is 5.61. The van der Waals surface area contributed by atoms with Crippen molar-refractivity contribution in [2.24, 2.45) is 5.92 Å². The maximum absolute atomic E-state index is 13.5. The lowest BCUT2D eigenvalue weighted by molar-refractivity contribution is -0.149. The summed E-state index contributed by atoms with van der Waals surface area (Å²) in [5.41, 5.74) is 2.75. The summed E-state index contributed by atoms with van der Waals surface area (Å²) in [5.74, 6) is 0.299. The van der Waals surface area contributed by atoms with Crippen molar-refractivity contribution < 1.29 is 19.1 Å². The number of hydrogen-bond donors (Lipinski definition) is 0. The lowest BCUT2D eigenvalue weighted by Gasteiger charge is -2.31. The maximum Gasteiger partial charge on any atom is 0.310 e. The minimum Gasteiger partial charge on any atom is -0.497 e. The summed E-state index contributed by atoms with van der Waals surface area (Å²) in [6.07, 6.45) is 1.56. The van der Waals surface area contributed by atoms with E-state index >= 15 is 0 Å². The van der Waals surface area contributed by atoms with Gasteiger partial charge in [0.15, 0.2) is 0 Å². The van der Waals surface area contributed by atoms with Crippen LogP contribution in [-0.2, 0) is 16.1 Å². The summed E-state index contributed by atoms with van der Waals surface area (Å²) in [5, 5.41) is 0. The number of ether oxygens (including phenoxy) is 2. The predicted molar refractivity (Wildman–Crippen MR) is 125 cm³/mol. The predicted octanol–water partition coefficient (Wildman–Crippen LogP) is 4.94. The van der Waals surface area contributed by atoms with Crippen LogP contribution in [0.4, 0.5) is 0 Å². The second-order valence-corrected chi connectivity index (χ2v) is 10.1. The number of halogens is 1. The number of likely N-dealkylation sites (tertiary alicyclic amines) is 1. The topological polar surface area (TPSA) is 60.8 Å². The molecular formula is C23H25BrN2O4S. The minimum absolute atomic E-state index is 0.0398. The van der Waals surface area contributed by atoms with Crippen LogP contribution >= 0.6 is 27.3 Å². The lowest BCUT2D eigenvalue weighted by atomic mass is 9.98. The number of benzene rings is 1. The molecule has 3 heterocycles. The van der Waals surface area contributed by atoms with Gasteiger partial charge in [0.1, 0.15) is 11.4 Å². The highest BCUT2D eigenvalue weighted by molar-refractivity contribution is 9.11. The van der Waals surface area contributed by atoms with Gasteiger partial charge >= 0.3 is 5.97 Å². The van der Waals surface area contributed by atoms with Crippen LogP contribution in [0.5, 0.6) is 5.75 Å². The first-order valence-electron chi connectivity index (χ1n) is 10.4. The van der Waals surface area contributed by atoms with E-state index in [0.717, 1.165) is 38.2 Å². The molecule has 3 aromatic rings. The van der Waals surface area contributed by atoms with Crippen LogP contribution in [0.2, 0.25) is 0 Å². The molecule has 1 saturated heterocycles. The van der Waals surface area contributed by atoms with E-state index in [1.54, 1.807) is 30.3 Å². The van der Waals surface area contributed by atoms with Gasteiger partial charge in [0.25, 0.3) is 5.91 Å². The number of nitrogens with zero attached hydrogens (tertiary/aromatic N) is 2.